The van der Waals surface area contributed by atoms with Gasteiger partial charge in [0.15, 0.2) is 0 Å². The van der Waals surface area contributed by atoms with Crippen molar-refractivity contribution in [2.24, 2.45) is 0 Å². The topological polar surface area (TPSA) is 99.3 Å². The molecule has 0 radical (unpaired) electrons. The van der Waals surface area contributed by atoms with Gasteiger partial charge in [-0.25, -0.2) is 4.79 Å². The molecule has 3 rings (SSSR count). The van der Waals surface area contributed by atoms with Crippen molar-refractivity contribution < 1.29 is 23.9 Å². The average molecular weight is 424 g/mol. The lowest BCUT2D eigenvalue weighted by Crippen LogP contribution is -2.44. The average Bonchev–Trinajstić information content (AvgIpc) is 2.97. The molecule has 0 saturated carbocycles. The maximum Gasteiger partial charge on any atom is 0.332 e. The van der Waals surface area contributed by atoms with Crippen molar-refractivity contribution in [3.8, 4) is 5.75 Å². The molecule has 9 heteroatoms. The fourth-order valence-electron chi connectivity index (χ4n) is 3.26. The van der Waals surface area contributed by atoms with Crippen LogP contribution in [0.3, 0.4) is 0 Å². The minimum atomic E-state index is -0.718. The first-order valence-corrected chi connectivity index (χ1v) is 9.69. The van der Waals surface area contributed by atoms with Crippen molar-refractivity contribution >= 4 is 35.1 Å². The van der Waals surface area contributed by atoms with E-state index in [0.717, 1.165) is 4.90 Å². The number of ether oxygens (including phenoxy) is 1. The summed E-state index contributed by atoms with van der Waals surface area (Å²) >= 11 is 0. The quantitative estimate of drug-likeness (QED) is 0.685. The Hall–Kier alpha value is -3.88. The van der Waals surface area contributed by atoms with E-state index in [4.69, 9.17) is 4.74 Å². The maximum absolute atomic E-state index is 12.8. The van der Waals surface area contributed by atoms with Crippen molar-refractivity contribution in [1.82, 2.24) is 9.80 Å². The van der Waals surface area contributed by atoms with Gasteiger partial charge in [0.25, 0.3) is 5.91 Å². The molecule has 0 bridgehead atoms. The van der Waals surface area contributed by atoms with Gasteiger partial charge in [0.1, 0.15) is 18.3 Å². The summed E-state index contributed by atoms with van der Waals surface area (Å²) in [5.74, 6) is -0.811. The molecule has 1 atom stereocenters. The summed E-state index contributed by atoms with van der Waals surface area (Å²) in [6.07, 6.45) is 0. The SMILES string of the molecule is COc1cccc(NC(=O)CN(C)C(=O)CN2C(=O)C(C)N(c3ccccc3)C2=O)c1. The third-order valence-electron chi connectivity index (χ3n) is 4.94. The van der Waals surface area contributed by atoms with Crippen molar-refractivity contribution in [3.63, 3.8) is 0 Å². The lowest BCUT2D eigenvalue weighted by Gasteiger charge is -2.21. The van der Waals surface area contributed by atoms with Crippen LogP contribution in [0.25, 0.3) is 0 Å². The fourth-order valence-corrected chi connectivity index (χ4v) is 3.26. The number of nitrogens with one attached hydrogen (secondary N) is 1. The molecular formula is C22H24N4O5. The van der Waals surface area contributed by atoms with E-state index in [1.165, 1.54) is 24.0 Å². The highest BCUT2D eigenvalue weighted by atomic mass is 16.5. The number of carbonyl (C=O) groups excluding carboxylic acids is 4. The number of amides is 5. The highest BCUT2D eigenvalue weighted by molar-refractivity contribution is 6.15. The number of anilines is 2. The number of likely N-dealkylation sites (N-methyl/N-ethyl adjacent to an activating group) is 1. The van der Waals surface area contributed by atoms with Crippen LogP contribution in [0.1, 0.15) is 6.92 Å². The van der Waals surface area contributed by atoms with Gasteiger partial charge in [-0.2, -0.15) is 0 Å². The van der Waals surface area contributed by atoms with E-state index in [-0.39, 0.29) is 6.54 Å². The Morgan fingerprint density at radius 1 is 1.10 bits per heavy atom. The predicted molar refractivity (Wildman–Crippen MR) is 115 cm³/mol. The van der Waals surface area contributed by atoms with Gasteiger partial charge < -0.3 is 15.0 Å². The van der Waals surface area contributed by atoms with Gasteiger partial charge in [0.05, 0.1) is 13.7 Å². The van der Waals surface area contributed by atoms with Gasteiger partial charge in [-0.05, 0) is 31.2 Å². The van der Waals surface area contributed by atoms with Gasteiger partial charge >= 0.3 is 6.03 Å². The second-order valence-electron chi connectivity index (χ2n) is 7.12. The second kappa shape index (κ2) is 9.29. The molecule has 2 aromatic carbocycles. The second-order valence-corrected chi connectivity index (χ2v) is 7.12. The van der Waals surface area contributed by atoms with E-state index in [9.17, 15) is 19.2 Å². The zero-order valence-corrected chi connectivity index (χ0v) is 17.6. The molecular weight excluding hydrogens is 400 g/mol. The summed E-state index contributed by atoms with van der Waals surface area (Å²) in [6, 6.07) is 14.3. The van der Waals surface area contributed by atoms with Gasteiger partial charge in [-0.3, -0.25) is 24.2 Å². The van der Waals surface area contributed by atoms with E-state index < -0.39 is 36.3 Å². The van der Waals surface area contributed by atoms with E-state index >= 15 is 0 Å². The summed E-state index contributed by atoms with van der Waals surface area (Å²) in [7, 11) is 2.96. The van der Waals surface area contributed by atoms with Crippen LogP contribution in [0, 0.1) is 0 Å². The maximum atomic E-state index is 12.8. The number of hydrogen-bond acceptors (Lipinski definition) is 5. The third kappa shape index (κ3) is 4.82. The minimum Gasteiger partial charge on any atom is -0.497 e. The van der Waals surface area contributed by atoms with Crippen molar-refractivity contribution in [2.75, 3.05) is 37.5 Å². The largest absolute Gasteiger partial charge is 0.497 e. The van der Waals surface area contributed by atoms with Crippen LogP contribution in [-0.2, 0) is 14.4 Å². The van der Waals surface area contributed by atoms with Crippen molar-refractivity contribution in [2.45, 2.75) is 13.0 Å². The van der Waals surface area contributed by atoms with Crippen LogP contribution in [-0.4, -0.2) is 66.8 Å². The monoisotopic (exact) mass is 424 g/mol. The first-order chi connectivity index (χ1) is 14.8. The van der Waals surface area contributed by atoms with Gasteiger partial charge in [0.2, 0.25) is 11.8 Å². The number of benzene rings is 2. The number of hydrogen-bond donors (Lipinski definition) is 1. The molecule has 1 aliphatic rings. The molecule has 31 heavy (non-hydrogen) atoms. The number of imide groups is 1. The zero-order chi connectivity index (χ0) is 22.5. The molecule has 1 saturated heterocycles. The van der Waals surface area contributed by atoms with E-state index in [2.05, 4.69) is 5.32 Å². The molecule has 0 spiro atoms. The molecule has 162 valence electrons. The third-order valence-corrected chi connectivity index (χ3v) is 4.94. The molecule has 9 nitrogen and oxygen atoms in total. The highest BCUT2D eigenvalue weighted by Gasteiger charge is 2.44. The van der Waals surface area contributed by atoms with Crippen LogP contribution >= 0.6 is 0 Å². The number of nitrogens with zero attached hydrogens (tertiary/aromatic N) is 3. The van der Waals surface area contributed by atoms with E-state index in [0.29, 0.717) is 17.1 Å². The lowest BCUT2D eigenvalue weighted by molar-refractivity contribution is -0.137. The van der Waals surface area contributed by atoms with Crippen LogP contribution < -0.4 is 15.0 Å². The Morgan fingerprint density at radius 3 is 2.48 bits per heavy atom. The Bertz CT molecular complexity index is 994. The summed E-state index contributed by atoms with van der Waals surface area (Å²) in [6.45, 7) is 0.946. The lowest BCUT2D eigenvalue weighted by atomic mass is 10.2. The molecule has 0 aromatic heterocycles. The molecule has 1 unspecified atom stereocenters. The van der Waals surface area contributed by atoms with Crippen molar-refractivity contribution in [3.05, 3.63) is 54.6 Å². The Balaban J connectivity index is 1.60. The number of carbonyl (C=O) groups is 4. The van der Waals surface area contributed by atoms with E-state index in [1.54, 1.807) is 55.5 Å². The smallest absolute Gasteiger partial charge is 0.332 e. The molecule has 2 aromatic rings. The first-order valence-electron chi connectivity index (χ1n) is 9.69. The molecule has 1 fully saturated rings. The van der Waals surface area contributed by atoms with Gasteiger partial charge in [-0.15, -0.1) is 0 Å². The Labute approximate surface area is 180 Å². The molecule has 1 N–H and O–H groups in total. The molecule has 0 aliphatic carbocycles. The van der Waals surface area contributed by atoms with Gasteiger partial charge in [0, 0.05) is 24.5 Å². The highest BCUT2D eigenvalue weighted by Crippen LogP contribution is 2.25. The van der Waals surface area contributed by atoms with Crippen LogP contribution in [0.4, 0.5) is 16.2 Å². The van der Waals surface area contributed by atoms with Gasteiger partial charge in [-0.1, -0.05) is 24.3 Å². The number of rotatable bonds is 7. The summed E-state index contributed by atoms with van der Waals surface area (Å²) in [5.41, 5.74) is 1.11. The van der Waals surface area contributed by atoms with E-state index in [1.807, 2.05) is 6.07 Å². The Morgan fingerprint density at radius 2 is 1.81 bits per heavy atom. The zero-order valence-electron chi connectivity index (χ0n) is 17.6. The number of urea groups is 1. The molecule has 1 heterocycles. The minimum absolute atomic E-state index is 0.232. The summed E-state index contributed by atoms with van der Waals surface area (Å²) < 4.78 is 5.11. The first kappa shape index (κ1) is 21.8. The van der Waals surface area contributed by atoms with Crippen LogP contribution in [0.15, 0.2) is 54.6 Å². The van der Waals surface area contributed by atoms with Crippen molar-refractivity contribution in [1.29, 1.82) is 0 Å². The predicted octanol–water partition coefficient (Wildman–Crippen LogP) is 1.95. The summed E-state index contributed by atoms with van der Waals surface area (Å²) in [4.78, 5) is 53.7. The Kier molecular flexibility index (Phi) is 6.54. The summed E-state index contributed by atoms with van der Waals surface area (Å²) in [5, 5.41) is 2.68. The van der Waals surface area contributed by atoms with Crippen LogP contribution in [0.2, 0.25) is 0 Å². The fraction of sp³-hybridized carbons (Fsp3) is 0.273. The number of methoxy groups -OCH3 is 1. The molecule has 1 aliphatic heterocycles. The molecule has 5 amide bonds. The van der Waals surface area contributed by atoms with Crippen LogP contribution in [0.5, 0.6) is 5.75 Å². The normalized spacial score (nSPS) is 15.8. The number of para-hydroxylation sites is 1. The standard InChI is InChI=1S/C22H24N4O5/c1-15-21(29)25(22(30)26(15)17-9-5-4-6-10-17)14-20(28)24(2)13-19(27)23-16-8-7-11-18(12-16)31-3/h4-12,15H,13-14H2,1-3H3,(H,23,27).